The van der Waals surface area contributed by atoms with Crippen LogP contribution in [0.25, 0.3) is 0 Å². The van der Waals surface area contributed by atoms with Gasteiger partial charge in [-0.15, -0.1) is 0 Å². The molecule has 0 unspecified atom stereocenters. The molecule has 1 amide bonds. The van der Waals surface area contributed by atoms with Gasteiger partial charge in [0.05, 0.1) is 19.1 Å². The average Bonchev–Trinajstić information content (AvgIpc) is 2.81. The van der Waals surface area contributed by atoms with Crippen molar-refractivity contribution in [3.8, 4) is 11.5 Å². The number of ether oxygens (including phenoxy) is 2. The molecule has 8 heteroatoms. The Kier molecular flexibility index (Phi) is 8.32. The van der Waals surface area contributed by atoms with E-state index in [1.54, 1.807) is 48.5 Å². The summed E-state index contributed by atoms with van der Waals surface area (Å²) >= 11 is 0. The summed E-state index contributed by atoms with van der Waals surface area (Å²) in [4.78, 5) is 12.3. The van der Waals surface area contributed by atoms with E-state index in [1.807, 2.05) is 30.3 Å². The Balaban J connectivity index is 1.49. The zero-order valence-electron chi connectivity index (χ0n) is 18.7. The van der Waals surface area contributed by atoms with Crippen LogP contribution < -0.4 is 19.1 Å². The van der Waals surface area contributed by atoms with Crippen LogP contribution >= 0.6 is 0 Å². The van der Waals surface area contributed by atoms with E-state index in [9.17, 15) is 13.2 Å². The van der Waals surface area contributed by atoms with Crippen molar-refractivity contribution in [3.05, 3.63) is 84.4 Å². The van der Waals surface area contributed by atoms with E-state index in [1.165, 1.54) is 11.4 Å². The fraction of sp³-hybridized carbons (Fsp3) is 0.240. The molecule has 0 saturated heterocycles. The molecule has 1 N–H and O–H groups in total. The third-order valence-electron chi connectivity index (χ3n) is 4.89. The topological polar surface area (TPSA) is 84.9 Å². The van der Waals surface area contributed by atoms with Gasteiger partial charge in [-0.2, -0.15) is 0 Å². The predicted octanol–water partition coefficient (Wildman–Crippen LogP) is 4.46. The number of carbonyl (C=O) groups is 1. The Morgan fingerprint density at radius 2 is 1.67 bits per heavy atom. The monoisotopic (exact) mass is 468 g/mol. The highest BCUT2D eigenvalue weighted by Crippen LogP contribution is 2.23. The maximum Gasteiger partial charge on any atom is 0.232 e. The fourth-order valence-corrected chi connectivity index (χ4v) is 4.19. The second-order valence-electron chi connectivity index (χ2n) is 7.49. The quantitative estimate of drug-likeness (QED) is 0.449. The molecule has 0 aliphatic carbocycles. The summed E-state index contributed by atoms with van der Waals surface area (Å²) in [5.74, 6) is 1.08. The minimum absolute atomic E-state index is 0.183. The highest BCUT2D eigenvalue weighted by atomic mass is 32.2. The highest BCUT2D eigenvalue weighted by Gasteiger charge is 2.18. The van der Waals surface area contributed by atoms with Crippen LogP contribution in [0.2, 0.25) is 0 Å². The minimum Gasteiger partial charge on any atom is -0.497 e. The Morgan fingerprint density at radius 1 is 0.939 bits per heavy atom. The molecule has 0 aliphatic heterocycles. The number of hydrogen-bond donors (Lipinski definition) is 1. The Labute approximate surface area is 195 Å². The van der Waals surface area contributed by atoms with Gasteiger partial charge in [-0.25, -0.2) is 8.42 Å². The molecule has 33 heavy (non-hydrogen) atoms. The maximum atomic E-state index is 12.3. The van der Waals surface area contributed by atoms with Gasteiger partial charge in [-0.3, -0.25) is 9.10 Å². The number of carbonyl (C=O) groups excluding carboxylic acids is 1. The number of amides is 1. The first kappa shape index (κ1) is 24.1. The van der Waals surface area contributed by atoms with Crippen molar-refractivity contribution in [3.63, 3.8) is 0 Å². The van der Waals surface area contributed by atoms with Gasteiger partial charge in [-0.1, -0.05) is 36.4 Å². The standard InChI is InChI=1S/C25H28N2O5S/c1-31-24-11-6-10-22(18-24)27(33(2,29)30)17-7-12-25(28)26-21-13-15-23(16-14-21)32-19-20-8-4-3-5-9-20/h3-6,8-11,13-16,18H,7,12,17,19H2,1-2H3,(H,26,28). The summed E-state index contributed by atoms with van der Waals surface area (Å²) in [7, 11) is -1.97. The average molecular weight is 469 g/mol. The van der Waals surface area contributed by atoms with Crippen LogP contribution in [0.4, 0.5) is 11.4 Å². The van der Waals surface area contributed by atoms with E-state index in [0.29, 0.717) is 35.9 Å². The first-order valence-electron chi connectivity index (χ1n) is 10.5. The first-order chi connectivity index (χ1) is 15.8. The zero-order valence-corrected chi connectivity index (χ0v) is 19.5. The number of methoxy groups -OCH3 is 1. The van der Waals surface area contributed by atoms with Crippen molar-refractivity contribution < 1.29 is 22.7 Å². The number of benzene rings is 3. The van der Waals surface area contributed by atoms with E-state index < -0.39 is 10.0 Å². The van der Waals surface area contributed by atoms with Gasteiger partial charge in [0.25, 0.3) is 0 Å². The number of hydrogen-bond acceptors (Lipinski definition) is 5. The van der Waals surface area contributed by atoms with Gasteiger partial charge in [0.15, 0.2) is 0 Å². The number of nitrogens with one attached hydrogen (secondary N) is 1. The van der Waals surface area contributed by atoms with Gasteiger partial charge < -0.3 is 14.8 Å². The fourth-order valence-electron chi connectivity index (χ4n) is 3.23. The number of sulfonamides is 1. The molecule has 0 radical (unpaired) electrons. The first-order valence-corrected chi connectivity index (χ1v) is 12.4. The molecule has 0 aliphatic rings. The van der Waals surface area contributed by atoms with E-state index in [-0.39, 0.29) is 18.9 Å². The van der Waals surface area contributed by atoms with E-state index in [0.717, 1.165) is 11.8 Å². The molecule has 174 valence electrons. The lowest BCUT2D eigenvalue weighted by atomic mass is 10.2. The molecule has 0 atom stereocenters. The Bertz CT molecular complexity index is 1150. The molecule has 3 aromatic carbocycles. The molecule has 3 aromatic rings. The van der Waals surface area contributed by atoms with Crippen molar-refractivity contribution in [2.75, 3.05) is 29.5 Å². The van der Waals surface area contributed by atoms with E-state index >= 15 is 0 Å². The van der Waals surface area contributed by atoms with Gasteiger partial charge in [-0.05, 0) is 48.4 Å². The van der Waals surface area contributed by atoms with E-state index in [2.05, 4.69) is 5.32 Å². The molecule has 0 saturated carbocycles. The normalized spacial score (nSPS) is 11.0. The highest BCUT2D eigenvalue weighted by molar-refractivity contribution is 7.92. The molecular formula is C25H28N2O5S. The van der Waals surface area contributed by atoms with Crippen molar-refractivity contribution in [1.29, 1.82) is 0 Å². The molecule has 0 aromatic heterocycles. The summed E-state index contributed by atoms with van der Waals surface area (Å²) in [5.41, 5.74) is 2.23. The van der Waals surface area contributed by atoms with Crippen LogP contribution in [0, 0.1) is 0 Å². The van der Waals surface area contributed by atoms with Gasteiger partial charge in [0.2, 0.25) is 15.9 Å². The van der Waals surface area contributed by atoms with Crippen molar-refractivity contribution in [2.24, 2.45) is 0 Å². The van der Waals surface area contributed by atoms with Crippen molar-refractivity contribution >= 4 is 27.3 Å². The van der Waals surface area contributed by atoms with Crippen molar-refractivity contribution in [2.45, 2.75) is 19.4 Å². The summed E-state index contributed by atoms with van der Waals surface area (Å²) in [6.45, 7) is 0.655. The molecule has 3 rings (SSSR count). The van der Waals surface area contributed by atoms with Crippen LogP contribution in [0.15, 0.2) is 78.9 Å². The Hall–Kier alpha value is -3.52. The van der Waals surface area contributed by atoms with Crippen LogP contribution in [-0.2, 0) is 21.4 Å². The largest absolute Gasteiger partial charge is 0.497 e. The molecule has 0 bridgehead atoms. The Morgan fingerprint density at radius 3 is 2.33 bits per heavy atom. The number of rotatable bonds is 11. The molecule has 0 spiro atoms. The van der Waals surface area contributed by atoms with Gasteiger partial charge in [0, 0.05) is 24.7 Å². The maximum absolute atomic E-state index is 12.3. The SMILES string of the molecule is COc1cccc(N(CCCC(=O)Nc2ccc(OCc3ccccc3)cc2)S(C)(=O)=O)c1. The number of anilines is 2. The van der Waals surface area contributed by atoms with Crippen LogP contribution in [0.3, 0.4) is 0 Å². The van der Waals surface area contributed by atoms with Crippen LogP contribution in [0.1, 0.15) is 18.4 Å². The van der Waals surface area contributed by atoms with Crippen LogP contribution in [-0.4, -0.2) is 34.2 Å². The lowest BCUT2D eigenvalue weighted by molar-refractivity contribution is -0.116. The minimum atomic E-state index is -3.50. The van der Waals surface area contributed by atoms with Crippen molar-refractivity contribution in [1.82, 2.24) is 0 Å². The molecule has 0 heterocycles. The predicted molar refractivity (Wildman–Crippen MR) is 130 cm³/mol. The molecular weight excluding hydrogens is 440 g/mol. The zero-order chi connectivity index (χ0) is 23.7. The third kappa shape index (κ3) is 7.54. The lowest BCUT2D eigenvalue weighted by Gasteiger charge is -2.22. The second-order valence-corrected chi connectivity index (χ2v) is 9.39. The second kappa shape index (κ2) is 11.4. The van der Waals surface area contributed by atoms with Gasteiger partial charge in [0.1, 0.15) is 18.1 Å². The summed E-state index contributed by atoms with van der Waals surface area (Å²) in [6.07, 6.45) is 1.70. The summed E-state index contributed by atoms with van der Waals surface area (Å²) in [5, 5.41) is 2.83. The molecule has 7 nitrogen and oxygen atoms in total. The van der Waals surface area contributed by atoms with E-state index in [4.69, 9.17) is 9.47 Å². The summed E-state index contributed by atoms with van der Waals surface area (Å²) < 4.78 is 36.7. The lowest BCUT2D eigenvalue weighted by Crippen LogP contribution is -2.31. The smallest absolute Gasteiger partial charge is 0.232 e. The van der Waals surface area contributed by atoms with Gasteiger partial charge >= 0.3 is 0 Å². The number of nitrogens with zero attached hydrogens (tertiary/aromatic N) is 1. The molecule has 0 fully saturated rings. The summed E-state index contributed by atoms with van der Waals surface area (Å²) in [6, 6.07) is 23.8. The van der Waals surface area contributed by atoms with Crippen LogP contribution in [0.5, 0.6) is 11.5 Å². The third-order valence-corrected chi connectivity index (χ3v) is 6.09.